The van der Waals surface area contributed by atoms with Crippen molar-refractivity contribution in [3.8, 4) is 0 Å². The summed E-state index contributed by atoms with van der Waals surface area (Å²) in [7, 11) is 0. The molecule has 20 heavy (non-hydrogen) atoms. The highest BCUT2D eigenvalue weighted by Gasteiger charge is 2.22. The topological polar surface area (TPSA) is 84.7 Å². The van der Waals surface area contributed by atoms with E-state index < -0.39 is 4.92 Å². The van der Waals surface area contributed by atoms with Crippen molar-refractivity contribution in [1.82, 2.24) is 4.90 Å². The molecule has 2 rings (SSSR count). The molecule has 1 N–H and O–H groups in total. The number of ether oxygens (including phenoxy) is 1. The Kier molecular flexibility index (Phi) is 4.19. The summed E-state index contributed by atoms with van der Waals surface area (Å²) in [6.07, 6.45) is 0.000654. The molecule has 7 nitrogen and oxygen atoms in total. The number of hydrogen-bond donors (Lipinski definition) is 1. The van der Waals surface area contributed by atoms with Gasteiger partial charge in [-0.25, -0.2) is 4.79 Å². The fourth-order valence-corrected chi connectivity index (χ4v) is 2.15. The maximum atomic E-state index is 12.1. The Morgan fingerprint density at radius 1 is 1.55 bits per heavy atom. The number of benzene rings is 1. The van der Waals surface area contributed by atoms with Gasteiger partial charge in [0, 0.05) is 19.2 Å². The van der Waals surface area contributed by atoms with E-state index in [1.54, 1.807) is 24.0 Å². The van der Waals surface area contributed by atoms with E-state index in [1.165, 1.54) is 6.07 Å². The Hall–Kier alpha value is -2.15. The molecule has 108 valence electrons. The number of urea groups is 1. The molecule has 1 aromatic rings. The maximum absolute atomic E-state index is 12.1. The molecule has 1 atom stereocenters. The second-order valence-electron chi connectivity index (χ2n) is 4.76. The molecule has 0 aromatic heterocycles. The first-order valence-corrected chi connectivity index (χ1v) is 6.40. The summed E-state index contributed by atoms with van der Waals surface area (Å²) < 4.78 is 5.37. The number of anilines is 1. The van der Waals surface area contributed by atoms with E-state index in [4.69, 9.17) is 4.74 Å². The van der Waals surface area contributed by atoms with Crippen LogP contribution in [0.1, 0.15) is 12.5 Å². The SMILES string of the molecule is Cc1c(NC(=O)N2CCOC(C)C2)cccc1[N+](=O)[O-]. The number of nitrogens with zero attached hydrogens (tertiary/aromatic N) is 2. The van der Waals surface area contributed by atoms with Crippen LogP contribution >= 0.6 is 0 Å². The van der Waals surface area contributed by atoms with E-state index in [0.717, 1.165) is 0 Å². The first kappa shape index (κ1) is 14.3. The maximum Gasteiger partial charge on any atom is 0.322 e. The summed E-state index contributed by atoms with van der Waals surface area (Å²) in [6.45, 7) is 5.06. The molecule has 1 saturated heterocycles. The van der Waals surface area contributed by atoms with Crippen LogP contribution in [0.2, 0.25) is 0 Å². The van der Waals surface area contributed by atoms with Gasteiger partial charge < -0.3 is 15.0 Å². The van der Waals surface area contributed by atoms with Crippen LogP contribution in [0.15, 0.2) is 18.2 Å². The van der Waals surface area contributed by atoms with E-state index in [-0.39, 0.29) is 17.8 Å². The molecule has 0 radical (unpaired) electrons. The van der Waals surface area contributed by atoms with Crippen molar-refractivity contribution in [1.29, 1.82) is 0 Å². The van der Waals surface area contributed by atoms with E-state index in [2.05, 4.69) is 5.32 Å². The molecule has 0 aliphatic carbocycles. The molecule has 1 aliphatic rings. The van der Waals surface area contributed by atoms with Crippen LogP contribution in [0.25, 0.3) is 0 Å². The number of nitro benzene ring substituents is 1. The Labute approximate surface area is 116 Å². The van der Waals surface area contributed by atoms with Gasteiger partial charge in [-0.1, -0.05) is 6.07 Å². The van der Waals surface area contributed by atoms with Gasteiger partial charge in [0.1, 0.15) is 0 Å². The molecule has 1 aliphatic heterocycles. The van der Waals surface area contributed by atoms with Gasteiger partial charge in [-0.05, 0) is 19.9 Å². The van der Waals surface area contributed by atoms with Crippen molar-refractivity contribution < 1.29 is 14.5 Å². The van der Waals surface area contributed by atoms with Gasteiger partial charge in [0.2, 0.25) is 0 Å². The Balaban J connectivity index is 2.11. The molecule has 0 saturated carbocycles. The highest BCUT2D eigenvalue weighted by Crippen LogP contribution is 2.25. The minimum Gasteiger partial charge on any atom is -0.375 e. The lowest BCUT2D eigenvalue weighted by Crippen LogP contribution is -2.46. The fraction of sp³-hybridized carbons (Fsp3) is 0.462. The fourth-order valence-electron chi connectivity index (χ4n) is 2.15. The lowest BCUT2D eigenvalue weighted by Gasteiger charge is -2.31. The molecular formula is C13H17N3O4. The molecule has 2 amide bonds. The third kappa shape index (κ3) is 3.05. The zero-order chi connectivity index (χ0) is 14.7. The number of nitrogens with one attached hydrogen (secondary N) is 1. The average Bonchev–Trinajstić information content (AvgIpc) is 2.40. The van der Waals surface area contributed by atoms with Crippen molar-refractivity contribution >= 4 is 17.4 Å². The predicted octanol–water partition coefficient (Wildman–Crippen LogP) is 2.16. The summed E-state index contributed by atoms with van der Waals surface area (Å²) in [5.74, 6) is 0. The summed E-state index contributed by atoms with van der Waals surface area (Å²) in [6, 6.07) is 4.37. The van der Waals surface area contributed by atoms with Gasteiger partial charge in [0.25, 0.3) is 5.69 Å². The van der Waals surface area contributed by atoms with Crippen LogP contribution in [0.5, 0.6) is 0 Å². The number of rotatable bonds is 2. The third-order valence-electron chi connectivity index (χ3n) is 3.27. The molecule has 1 aromatic carbocycles. The normalized spacial score (nSPS) is 18.7. The number of morpholine rings is 1. The molecular weight excluding hydrogens is 262 g/mol. The smallest absolute Gasteiger partial charge is 0.322 e. The lowest BCUT2D eigenvalue weighted by molar-refractivity contribution is -0.385. The Morgan fingerprint density at radius 3 is 2.95 bits per heavy atom. The highest BCUT2D eigenvalue weighted by molar-refractivity contribution is 5.90. The van der Waals surface area contributed by atoms with Crippen LogP contribution in [-0.4, -0.2) is 41.7 Å². The number of hydrogen-bond acceptors (Lipinski definition) is 4. The highest BCUT2D eigenvalue weighted by atomic mass is 16.6. The van der Waals surface area contributed by atoms with Crippen LogP contribution in [0.4, 0.5) is 16.2 Å². The van der Waals surface area contributed by atoms with Gasteiger partial charge in [-0.15, -0.1) is 0 Å². The minimum atomic E-state index is -0.457. The van der Waals surface area contributed by atoms with Gasteiger partial charge in [-0.3, -0.25) is 10.1 Å². The van der Waals surface area contributed by atoms with E-state index in [0.29, 0.717) is 30.9 Å². The van der Waals surface area contributed by atoms with Gasteiger partial charge in [-0.2, -0.15) is 0 Å². The summed E-state index contributed by atoms with van der Waals surface area (Å²) in [5.41, 5.74) is 0.911. The first-order valence-electron chi connectivity index (χ1n) is 6.40. The van der Waals surface area contributed by atoms with Gasteiger partial charge in [0.05, 0.1) is 28.9 Å². The molecule has 0 bridgehead atoms. The third-order valence-corrected chi connectivity index (χ3v) is 3.27. The summed E-state index contributed by atoms with van der Waals surface area (Å²) in [5, 5.41) is 13.6. The van der Waals surface area contributed by atoms with Crippen molar-refractivity contribution in [3.05, 3.63) is 33.9 Å². The Morgan fingerprint density at radius 2 is 2.30 bits per heavy atom. The molecule has 1 heterocycles. The molecule has 7 heteroatoms. The van der Waals surface area contributed by atoms with Crippen LogP contribution in [-0.2, 0) is 4.74 Å². The minimum absolute atomic E-state index is 0.000654. The molecule has 1 fully saturated rings. The van der Waals surface area contributed by atoms with E-state index in [9.17, 15) is 14.9 Å². The Bertz CT molecular complexity index is 532. The van der Waals surface area contributed by atoms with Gasteiger partial charge in [0.15, 0.2) is 0 Å². The zero-order valence-electron chi connectivity index (χ0n) is 11.5. The van der Waals surface area contributed by atoms with Crippen LogP contribution in [0.3, 0.4) is 0 Å². The second kappa shape index (κ2) is 5.87. The summed E-state index contributed by atoms with van der Waals surface area (Å²) in [4.78, 5) is 24.2. The van der Waals surface area contributed by atoms with E-state index >= 15 is 0 Å². The number of carbonyl (C=O) groups excluding carboxylic acids is 1. The van der Waals surface area contributed by atoms with Crippen LogP contribution in [0, 0.1) is 17.0 Å². The van der Waals surface area contributed by atoms with Crippen LogP contribution < -0.4 is 5.32 Å². The van der Waals surface area contributed by atoms with Crippen molar-refractivity contribution in [2.75, 3.05) is 25.0 Å². The largest absolute Gasteiger partial charge is 0.375 e. The summed E-state index contributed by atoms with van der Waals surface area (Å²) >= 11 is 0. The number of carbonyl (C=O) groups is 1. The zero-order valence-corrected chi connectivity index (χ0v) is 11.5. The quantitative estimate of drug-likeness (QED) is 0.664. The predicted molar refractivity (Wildman–Crippen MR) is 73.8 cm³/mol. The lowest BCUT2D eigenvalue weighted by atomic mass is 10.1. The average molecular weight is 279 g/mol. The van der Waals surface area contributed by atoms with E-state index in [1.807, 2.05) is 6.92 Å². The van der Waals surface area contributed by atoms with Gasteiger partial charge >= 0.3 is 6.03 Å². The monoisotopic (exact) mass is 279 g/mol. The number of amides is 2. The number of nitro groups is 1. The van der Waals surface area contributed by atoms with Crippen molar-refractivity contribution in [2.45, 2.75) is 20.0 Å². The molecule has 0 spiro atoms. The first-order chi connectivity index (χ1) is 9.49. The second-order valence-corrected chi connectivity index (χ2v) is 4.76. The van der Waals surface area contributed by atoms with Crippen molar-refractivity contribution in [2.24, 2.45) is 0 Å². The van der Waals surface area contributed by atoms with Crippen molar-refractivity contribution in [3.63, 3.8) is 0 Å². The molecule has 1 unspecified atom stereocenters. The standard InChI is InChI=1S/C13H17N3O4/c1-9-8-15(6-7-20-9)13(17)14-11-4-3-5-12(10(11)2)16(18)19/h3-5,9H,6-8H2,1-2H3,(H,14,17).